The Morgan fingerprint density at radius 3 is 2.93 bits per heavy atom. The SMILES string of the molecule is C=CCCOCCN(CC)CCCC(C)Nc1ccnc2cc(Cl)ccc12. The molecule has 0 amide bonds. The van der Waals surface area contributed by atoms with Crippen LogP contribution in [0.15, 0.2) is 43.1 Å². The molecular formula is C22H32ClN3O. The number of aromatic nitrogens is 1. The summed E-state index contributed by atoms with van der Waals surface area (Å²) in [5, 5.41) is 5.45. The van der Waals surface area contributed by atoms with Crippen molar-refractivity contribution in [2.75, 3.05) is 38.2 Å². The van der Waals surface area contributed by atoms with E-state index in [1.165, 1.54) is 0 Å². The smallest absolute Gasteiger partial charge is 0.0737 e. The number of anilines is 1. The number of halogens is 1. The lowest BCUT2D eigenvalue weighted by Crippen LogP contribution is -2.29. The summed E-state index contributed by atoms with van der Waals surface area (Å²) >= 11 is 6.07. The molecule has 0 saturated carbocycles. The van der Waals surface area contributed by atoms with E-state index in [1.54, 1.807) is 0 Å². The van der Waals surface area contributed by atoms with Crippen LogP contribution in [-0.2, 0) is 4.74 Å². The summed E-state index contributed by atoms with van der Waals surface area (Å²) < 4.78 is 5.62. The van der Waals surface area contributed by atoms with Crippen LogP contribution < -0.4 is 5.32 Å². The molecule has 1 aromatic heterocycles. The van der Waals surface area contributed by atoms with E-state index in [0.29, 0.717) is 11.1 Å². The van der Waals surface area contributed by atoms with Crippen molar-refractivity contribution in [3.63, 3.8) is 0 Å². The molecule has 27 heavy (non-hydrogen) atoms. The normalized spacial score (nSPS) is 12.4. The summed E-state index contributed by atoms with van der Waals surface area (Å²) in [6, 6.07) is 8.28. The van der Waals surface area contributed by atoms with Gasteiger partial charge in [-0.2, -0.15) is 0 Å². The number of pyridine rings is 1. The molecule has 1 N–H and O–H groups in total. The lowest BCUT2D eigenvalue weighted by atomic mass is 10.1. The number of rotatable bonds is 13. The van der Waals surface area contributed by atoms with Crippen molar-refractivity contribution in [1.29, 1.82) is 0 Å². The maximum Gasteiger partial charge on any atom is 0.0737 e. The molecule has 0 radical (unpaired) electrons. The van der Waals surface area contributed by atoms with Crippen molar-refractivity contribution < 1.29 is 4.74 Å². The highest BCUT2D eigenvalue weighted by Gasteiger charge is 2.08. The van der Waals surface area contributed by atoms with Crippen LogP contribution in [0.1, 0.15) is 33.1 Å². The van der Waals surface area contributed by atoms with Crippen molar-refractivity contribution >= 4 is 28.2 Å². The quantitative estimate of drug-likeness (QED) is 0.368. The van der Waals surface area contributed by atoms with Gasteiger partial charge in [0.2, 0.25) is 0 Å². The van der Waals surface area contributed by atoms with Gasteiger partial charge in [0.1, 0.15) is 0 Å². The fourth-order valence-electron chi connectivity index (χ4n) is 3.10. The summed E-state index contributed by atoms with van der Waals surface area (Å²) in [5.74, 6) is 0. The first kappa shape index (κ1) is 21.7. The van der Waals surface area contributed by atoms with Crippen LogP contribution in [0, 0.1) is 0 Å². The van der Waals surface area contributed by atoms with Crippen LogP contribution in [0.4, 0.5) is 5.69 Å². The topological polar surface area (TPSA) is 37.4 Å². The van der Waals surface area contributed by atoms with Crippen molar-refractivity contribution in [3.05, 3.63) is 48.1 Å². The Morgan fingerprint density at radius 1 is 1.30 bits per heavy atom. The molecule has 4 nitrogen and oxygen atoms in total. The molecule has 0 aliphatic heterocycles. The van der Waals surface area contributed by atoms with Gasteiger partial charge in [-0.05, 0) is 63.5 Å². The summed E-state index contributed by atoms with van der Waals surface area (Å²) in [7, 11) is 0. The molecule has 0 bridgehead atoms. The van der Waals surface area contributed by atoms with Crippen LogP contribution in [0.5, 0.6) is 0 Å². The Bertz CT molecular complexity index is 707. The predicted octanol–water partition coefficient (Wildman–Crippen LogP) is 5.38. The maximum absolute atomic E-state index is 6.07. The Morgan fingerprint density at radius 2 is 2.15 bits per heavy atom. The number of hydrogen-bond acceptors (Lipinski definition) is 4. The van der Waals surface area contributed by atoms with Gasteiger partial charge >= 0.3 is 0 Å². The zero-order chi connectivity index (χ0) is 19.5. The van der Waals surface area contributed by atoms with Gasteiger partial charge in [-0.25, -0.2) is 0 Å². The van der Waals surface area contributed by atoms with E-state index >= 15 is 0 Å². The average Bonchev–Trinajstić information content (AvgIpc) is 2.66. The molecule has 2 rings (SSSR count). The molecule has 1 unspecified atom stereocenters. The summed E-state index contributed by atoms with van der Waals surface area (Å²) in [4.78, 5) is 6.85. The van der Waals surface area contributed by atoms with Crippen LogP contribution in [0.25, 0.3) is 10.9 Å². The molecule has 0 aliphatic carbocycles. The highest BCUT2D eigenvalue weighted by molar-refractivity contribution is 6.31. The van der Waals surface area contributed by atoms with Crippen LogP contribution in [0.2, 0.25) is 5.02 Å². The average molecular weight is 390 g/mol. The number of ether oxygens (including phenoxy) is 1. The van der Waals surface area contributed by atoms with E-state index in [4.69, 9.17) is 16.3 Å². The molecule has 1 heterocycles. The first-order chi connectivity index (χ1) is 13.1. The predicted molar refractivity (Wildman–Crippen MR) is 117 cm³/mol. The molecule has 5 heteroatoms. The second kappa shape index (κ2) is 12.0. The summed E-state index contributed by atoms with van der Waals surface area (Å²) in [6.07, 6.45) is 6.92. The lowest BCUT2D eigenvalue weighted by molar-refractivity contribution is 0.108. The molecular weight excluding hydrogens is 358 g/mol. The van der Waals surface area contributed by atoms with E-state index in [-0.39, 0.29) is 0 Å². The standard InChI is InChI=1S/C22H32ClN3O/c1-4-6-15-27-16-14-26(5-2)13-7-8-18(3)25-21-11-12-24-22-17-19(23)9-10-20(21)22/h4,9-12,17-18H,1,5-8,13-16H2,2-3H3,(H,24,25). The largest absolute Gasteiger partial charge is 0.382 e. The number of nitrogens with zero attached hydrogens (tertiary/aromatic N) is 2. The second-order valence-electron chi connectivity index (χ2n) is 6.83. The summed E-state index contributed by atoms with van der Waals surface area (Å²) in [5.41, 5.74) is 2.04. The molecule has 1 aromatic carbocycles. The molecule has 148 valence electrons. The Hall–Kier alpha value is -1.62. The zero-order valence-corrected chi connectivity index (χ0v) is 17.3. The minimum Gasteiger partial charge on any atom is -0.382 e. The molecule has 0 saturated heterocycles. The van der Waals surface area contributed by atoms with Crippen molar-refractivity contribution in [2.24, 2.45) is 0 Å². The number of benzene rings is 1. The van der Waals surface area contributed by atoms with Crippen LogP contribution in [-0.4, -0.2) is 48.8 Å². The molecule has 2 aromatic rings. The van der Waals surface area contributed by atoms with Gasteiger partial charge in [-0.3, -0.25) is 4.98 Å². The monoisotopic (exact) mass is 389 g/mol. The first-order valence-electron chi connectivity index (χ1n) is 9.85. The third-order valence-electron chi connectivity index (χ3n) is 4.68. The zero-order valence-electron chi connectivity index (χ0n) is 16.6. The van der Waals surface area contributed by atoms with Crippen LogP contribution in [0.3, 0.4) is 0 Å². The number of hydrogen-bond donors (Lipinski definition) is 1. The van der Waals surface area contributed by atoms with Gasteiger partial charge in [0.05, 0.1) is 18.7 Å². The van der Waals surface area contributed by atoms with E-state index in [2.05, 4.69) is 35.6 Å². The van der Waals surface area contributed by atoms with Gasteiger partial charge < -0.3 is 15.0 Å². The minimum atomic E-state index is 0.397. The van der Waals surface area contributed by atoms with Gasteiger partial charge in [0.25, 0.3) is 0 Å². The second-order valence-corrected chi connectivity index (χ2v) is 7.27. The lowest BCUT2D eigenvalue weighted by Gasteiger charge is -2.22. The van der Waals surface area contributed by atoms with E-state index in [9.17, 15) is 0 Å². The number of likely N-dealkylation sites (N-methyl/N-ethyl adjacent to an activating group) is 1. The first-order valence-corrected chi connectivity index (χ1v) is 10.2. The van der Waals surface area contributed by atoms with E-state index in [0.717, 1.165) is 68.7 Å². The van der Waals surface area contributed by atoms with Gasteiger partial charge in [-0.15, -0.1) is 6.58 Å². The molecule has 0 fully saturated rings. The summed E-state index contributed by atoms with van der Waals surface area (Å²) in [6.45, 7) is 12.9. The van der Waals surface area contributed by atoms with Gasteiger partial charge in [0, 0.05) is 34.9 Å². The van der Waals surface area contributed by atoms with Crippen molar-refractivity contribution in [2.45, 2.75) is 39.2 Å². The van der Waals surface area contributed by atoms with E-state index < -0.39 is 0 Å². The fourth-order valence-corrected chi connectivity index (χ4v) is 3.26. The minimum absolute atomic E-state index is 0.397. The fraction of sp³-hybridized carbons (Fsp3) is 0.500. The molecule has 0 spiro atoms. The number of nitrogens with one attached hydrogen (secondary N) is 1. The Kier molecular flexibility index (Phi) is 9.60. The maximum atomic E-state index is 6.07. The van der Waals surface area contributed by atoms with Crippen molar-refractivity contribution in [1.82, 2.24) is 9.88 Å². The molecule has 0 aliphatic rings. The highest BCUT2D eigenvalue weighted by atomic mass is 35.5. The third-order valence-corrected chi connectivity index (χ3v) is 4.92. The van der Waals surface area contributed by atoms with Crippen LogP contribution >= 0.6 is 11.6 Å². The highest BCUT2D eigenvalue weighted by Crippen LogP contribution is 2.25. The molecule has 1 atom stereocenters. The van der Waals surface area contributed by atoms with E-state index in [1.807, 2.05) is 36.5 Å². The number of fused-ring (bicyclic) bond motifs is 1. The Balaban J connectivity index is 1.75. The van der Waals surface area contributed by atoms with Gasteiger partial charge in [-0.1, -0.05) is 24.6 Å². The Labute approximate surface area is 168 Å². The van der Waals surface area contributed by atoms with Crippen molar-refractivity contribution in [3.8, 4) is 0 Å². The van der Waals surface area contributed by atoms with Gasteiger partial charge in [0.15, 0.2) is 0 Å². The third kappa shape index (κ3) is 7.49.